The molecular formula is C25H30F2N4O2. The van der Waals surface area contributed by atoms with E-state index < -0.39 is 17.2 Å². The minimum absolute atomic E-state index is 0.0646. The minimum atomic E-state index is -1.53. The molecule has 1 amide bonds. The topological polar surface area (TPSA) is 82.2 Å². The van der Waals surface area contributed by atoms with Crippen LogP contribution in [0.1, 0.15) is 36.8 Å². The Balaban J connectivity index is 1.42. The number of piperazine rings is 1. The molecule has 33 heavy (non-hydrogen) atoms. The van der Waals surface area contributed by atoms with E-state index in [9.17, 15) is 18.7 Å². The van der Waals surface area contributed by atoms with E-state index in [1.807, 2.05) is 35.2 Å². The molecule has 1 aliphatic heterocycles. The van der Waals surface area contributed by atoms with Gasteiger partial charge in [-0.15, -0.1) is 0 Å². The fourth-order valence-corrected chi connectivity index (χ4v) is 4.92. The van der Waals surface area contributed by atoms with Gasteiger partial charge in [-0.2, -0.15) is 0 Å². The van der Waals surface area contributed by atoms with Gasteiger partial charge in [0, 0.05) is 38.2 Å². The highest BCUT2D eigenvalue weighted by Gasteiger charge is 2.48. The standard InChI is InChI=1S/C25H30F2N4O2/c26-21-14-18(15-22(27)16-21)17-29-24(28)31-12-10-30(11-13-31)23(32)25(33,20-8-4-5-9-20)19-6-2-1-3-7-19/h1-3,6-7,14-16,20,33H,4-5,8-13,17H2,(H2,28,29)/t25-/m0/s1. The second-order valence-electron chi connectivity index (χ2n) is 8.85. The number of nitrogens with two attached hydrogens (primary N) is 1. The van der Waals surface area contributed by atoms with Crippen molar-refractivity contribution in [2.45, 2.75) is 37.8 Å². The van der Waals surface area contributed by atoms with E-state index in [2.05, 4.69) is 4.99 Å². The van der Waals surface area contributed by atoms with Gasteiger partial charge in [0.15, 0.2) is 11.6 Å². The van der Waals surface area contributed by atoms with E-state index in [4.69, 9.17) is 5.73 Å². The van der Waals surface area contributed by atoms with Gasteiger partial charge >= 0.3 is 0 Å². The molecule has 1 saturated carbocycles. The van der Waals surface area contributed by atoms with Crippen molar-refractivity contribution in [2.75, 3.05) is 26.2 Å². The van der Waals surface area contributed by atoms with Crippen LogP contribution in [0.3, 0.4) is 0 Å². The van der Waals surface area contributed by atoms with Gasteiger partial charge in [-0.3, -0.25) is 4.79 Å². The number of benzene rings is 2. The van der Waals surface area contributed by atoms with Gasteiger partial charge in [-0.05, 0) is 36.1 Å². The van der Waals surface area contributed by atoms with Crippen molar-refractivity contribution < 1.29 is 18.7 Å². The molecule has 1 atom stereocenters. The van der Waals surface area contributed by atoms with E-state index in [0.29, 0.717) is 37.3 Å². The summed E-state index contributed by atoms with van der Waals surface area (Å²) in [7, 11) is 0. The Morgan fingerprint density at radius 3 is 2.18 bits per heavy atom. The molecule has 1 aliphatic carbocycles. The van der Waals surface area contributed by atoms with Crippen LogP contribution in [0.15, 0.2) is 53.5 Å². The van der Waals surface area contributed by atoms with E-state index in [0.717, 1.165) is 31.7 Å². The molecule has 0 bridgehead atoms. The third-order valence-corrected chi connectivity index (χ3v) is 6.72. The van der Waals surface area contributed by atoms with Crippen LogP contribution in [0, 0.1) is 17.6 Å². The zero-order valence-electron chi connectivity index (χ0n) is 18.6. The van der Waals surface area contributed by atoms with Crippen LogP contribution in [0.4, 0.5) is 8.78 Å². The maximum Gasteiger partial charge on any atom is 0.259 e. The Bertz CT molecular complexity index is 982. The van der Waals surface area contributed by atoms with E-state index >= 15 is 0 Å². The van der Waals surface area contributed by atoms with Gasteiger partial charge in [0.2, 0.25) is 0 Å². The summed E-state index contributed by atoms with van der Waals surface area (Å²) < 4.78 is 26.7. The Morgan fingerprint density at radius 1 is 1.00 bits per heavy atom. The average Bonchev–Trinajstić information content (AvgIpc) is 3.37. The number of aliphatic hydroxyl groups is 1. The fraction of sp³-hybridized carbons (Fsp3) is 0.440. The number of amides is 1. The minimum Gasteiger partial charge on any atom is -0.375 e. The average molecular weight is 457 g/mol. The molecule has 2 aromatic carbocycles. The number of nitrogens with zero attached hydrogens (tertiary/aromatic N) is 3. The molecule has 8 heteroatoms. The Labute approximate surface area is 192 Å². The van der Waals surface area contributed by atoms with Crippen molar-refractivity contribution in [3.63, 3.8) is 0 Å². The molecule has 4 rings (SSSR count). The summed E-state index contributed by atoms with van der Waals surface area (Å²) in [5.74, 6) is -1.39. The number of guanidine groups is 1. The summed E-state index contributed by atoms with van der Waals surface area (Å²) in [6, 6.07) is 12.5. The lowest BCUT2D eigenvalue weighted by atomic mass is 9.79. The van der Waals surface area contributed by atoms with E-state index in [1.54, 1.807) is 4.90 Å². The first-order chi connectivity index (χ1) is 15.9. The summed E-state index contributed by atoms with van der Waals surface area (Å²) in [5, 5.41) is 11.7. The smallest absolute Gasteiger partial charge is 0.259 e. The Morgan fingerprint density at radius 2 is 1.58 bits per heavy atom. The van der Waals surface area contributed by atoms with Crippen molar-refractivity contribution in [2.24, 2.45) is 16.6 Å². The molecule has 2 fully saturated rings. The zero-order valence-corrected chi connectivity index (χ0v) is 18.6. The summed E-state index contributed by atoms with van der Waals surface area (Å²) in [5.41, 5.74) is 5.62. The first kappa shape index (κ1) is 23.2. The summed E-state index contributed by atoms with van der Waals surface area (Å²) in [4.78, 5) is 21.4. The highest BCUT2D eigenvalue weighted by molar-refractivity contribution is 5.87. The molecular weight excluding hydrogens is 426 g/mol. The van der Waals surface area contributed by atoms with Crippen molar-refractivity contribution >= 4 is 11.9 Å². The summed E-state index contributed by atoms with van der Waals surface area (Å²) in [6.07, 6.45) is 3.70. The SMILES string of the molecule is NC(=NCc1cc(F)cc(F)c1)N1CCN(C(=O)[C@](O)(c2ccccc2)C2CCCC2)CC1. The van der Waals surface area contributed by atoms with Crippen molar-refractivity contribution in [1.82, 2.24) is 9.80 Å². The van der Waals surface area contributed by atoms with Crippen molar-refractivity contribution in [3.8, 4) is 0 Å². The summed E-state index contributed by atoms with van der Waals surface area (Å²) in [6.45, 7) is 1.81. The van der Waals surface area contributed by atoms with E-state index in [1.165, 1.54) is 12.1 Å². The number of aliphatic imine (C=N–C) groups is 1. The van der Waals surface area contributed by atoms with Gasteiger partial charge in [0.05, 0.1) is 6.54 Å². The van der Waals surface area contributed by atoms with Crippen LogP contribution in [0.5, 0.6) is 0 Å². The molecule has 6 nitrogen and oxygen atoms in total. The molecule has 0 unspecified atom stereocenters. The molecule has 1 heterocycles. The van der Waals surface area contributed by atoms with Crippen LogP contribution >= 0.6 is 0 Å². The lowest BCUT2D eigenvalue weighted by molar-refractivity contribution is -0.160. The third kappa shape index (κ3) is 5.00. The second-order valence-corrected chi connectivity index (χ2v) is 8.85. The third-order valence-electron chi connectivity index (χ3n) is 6.72. The van der Waals surface area contributed by atoms with Gasteiger partial charge in [0.25, 0.3) is 5.91 Å². The quantitative estimate of drug-likeness (QED) is 0.535. The lowest BCUT2D eigenvalue weighted by Gasteiger charge is -2.41. The number of hydrogen-bond acceptors (Lipinski definition) is 3. The van der Waals surface area contributed by atoms with Gasteiger partial charge < -0.3 is 20.6 Å². The van der Waals surface area contributed by atoms with Crippen LogP contribution in [0.2, 0.25) is 0 Å². The number of carbonyl (C=O) groups is 1. The molecule has 176 valence electrons. The largest absolute Gasteiger partial charge is 0.375 e. The van der Waals surface area contributed by atoms with Gasteiger partial charge in [-0.25, -0.2) is 13.8 Å². The predicted octanol–water partition coefficient (Wildman–Crippen LogP) is 3.00. The second kappa shape index (κ2) is 9.87. The van der Waals surface area contributed by atoms with Crippen LogP contribution in [-0.4, -0.2) is 53.0 Å². The monoisotopic (exact) mass is 456 g/mol. The molecule has 2 aromatic rings. The number of hydrogen-bond donors (Lipinski definition) is 2. The van der Waals surface area contributed by atoms with Crippen molar-refractivity contribution in [1.29, 1.82) is 0 Å². The fourth-order valence-electron chi connectivity index (χ4n) is 4.92. The van der Waals surface area contributed by atoms with Crippen LogP contribution < -0.4 is 5.73 Å². The molecule has 0 aromatic heterocycles. The molecule has 0 spiro atoms. The van der Waals surface area contributed by atoms with Crippen LogP contribution in [0.25, 0.3) is 0 Å². The maximum atomic E-state index is 13.6. The molecule has 2 aliphatic rings. The molecule has 3 N–H and O–H groups in total. The number of carbonyl (C=O) groups excluding carboxylic acids is 1. The summed E-state index contributed by atoms with van der Waals surface area (Å²) >= 11 is 0. The Hall–Kier alpha value is -3.00. The van der Waals surface area contributed by atoms with Crippen LogP contribution in [-0.2, 0) is 16.9 Å². The highest BCUT2D eigenvalue weighted by Crippen LogP contribution is 2.42. The lowest BCUT2D eigenvalue weighted by Crippen LogP contribution is -2.58. The van der Waals surface area contributed by atoms with Crippen molar-refractivity contribution in [3.05, 3.63) is 71.3 Å². The Kier molecular flexibility index (Phi) is 6.93. The molecule has 0 radical (unpaired) electrons. The first-order valence-corrected chi connectivity index (χ1v) is 11.4. The normalized spacial score (nSPS) is 19.5. The van der Waals surface area contributed by atoms with Gasteiger partial charge in [-0.1, -0.05) is 43.2 Å². The predicted molar refractivity (Wildman–Crippen MR) is 122 cm³/mol. The zero-order chi connectivity index (χ0) is 23.4. The van der Waals surface area contributed by atoms with E-state index in [-0.39, 0.29) is 24.3 Å². The molecule has 1 saturated heterocycles. The maximum absolute atomic E-state index is 13.6. The number of rotatable bonds is 5. The first-order valence-electron chi connectivity index (χ1n) is 11.4. The highest BCUT2D eigenvalue weighted by atomic mass is 19.1. The van der Waals surface area contributed by atoms with Gasteiger partial charge in [0.1, 0.15) is 11.6 Å². The number of halogens is 2.